The Bertz CT molecular complexity index is 877. The second-order valence-corrected chi connectivity index (χ2v) is 9.57. The number of aliphatic hydroxyl groups is 1. The summed E-state index contributed by atoms with van der Waals surface area (Å²) in [5.74, 6) is 1.65. The lowest BCUT2D eigenvalue weighted by atomic mass is 9.83. The highest BCUT2D eigenvalue weighted by atomic mass is 16.5. The number of pyridine rings is 1. The van der Waals surface area contributed by atoms with Gasteiger partial charge in [0.25, 0.3) is 0 Å². The molecule has 7 nitrogen and oxygen atoms in total. The van der Waals surface area contributed by atoms with Crippen LogP contribution in [-0.4, -0.2) is 51.5 Å². The highest BCUT2D eigenvalue weighted by Gasteiger charge is 2.27. The molecular weight excluding hydrogens is 404 g/mol. The summed E-state index contributed by atoms with van der Waals surface area (Å²) in [6.07, 6.45) is 13.9. The molecule has 1 atom stereocenters. The number of rotatable bonds is 8. The number of nitrogens with zero attached hydrogens (tertiary/aromatic N) is 3. The quantitative estimate of drug-likeness (QED) is 0.596. The number of methoxy groups -OCH3 is 1. The van der Waals surface area contributed by atoms with Gasteiger partial charge in [-0.2, -0.15) is 0 Å². The molecule has 2 aromatic rings. The van der Waals surface area contributed by atoms with Crippen LogP contribution in [0.5, 0.6) is 5.88 Å². The molecule has 0 aromatic carbocycles. The van der Waals surface area contributed by atoms with E-state index in [0.29, 0.717) is 29.9 Å². The Balaban J connectivity index is 1.62. The smallest absolute Gasteiger partial charge is 0.224 e. The molecule has 0 aliphatic heterocycles. The fraction of sp³-hybridized carbons (Fsp3) is 0.720. The monoisotopic (exact) mass is 442 g/mol. The maximum absolute atomic E-state index is 9.96. The lowest BCUT2D eigenvalue weighted by Crippen LogP contribution is -2.28. The number of hydrogen-bond acceptors (Lipinski definition) is 7. The Morgan fingerprint density at radius 1 is 1.03 bits per heavy atom. The molecule has 2 N–H and O–H groups in total. The molecule has 2 aromatic heterocycles. The van der Waals surface area contributed by atoms with Crippen LogP contribution in [-0.2, 0) is 4.74 Å². The Morgan fingerprint density at radius 2 is 1.75 bits per heavy atom. The predicted octanol–water partition coefficient (Wildman–Crippen LogP) is 4.98. The standard InChI is InChI=1S/C25H38N4O3/c1-4-5-16(2)28-25-27-15-22-23(29-25)21(17-6-8-18(30)9-7-17)14-26-24(22)32-20-12-10-19(31-3)11-13-20/h14-20,30H,4-13H2,1-3H3,(H,27,28,29)/t16?,17-,18-,19?,20?. The Labute approximate surface area is 191 Å². The molecule has 1 unspecified atom stereocenters. The fourth-order valence-electron chi connectivity index (χ4n) is 5.14. The van der Waals surface area contributed by atoms with Gasteiger partial charge in [0.1, 0.15) is 6.10 Å². The first-order valence-electron chi connectivity index (χ1n) is 12.4. The minimum atomic E-state index is -0.183. The zero-order valence-corrected chi connectivity index (χ0v) is 19.7. The number of anilines is 1. The maximum Gasteiger partial charge on any atom is 0.224 e. The van der Waals surface area contributed by atoms with Crippen molar-refractivity contribution < 1.29 is 14.6 Å². The van der Waals surface area contributed by atoms with Crippen molar-refractivity contribution in [1.29, 1.82) is 0 Å². The lowest BCUT2D eigenvalue weighted by molar-refractivity contribution is 0.0319. The van der Waals surface area contributed by atoms with E-state index in [1.165, 1.54) is 0 Å². The van der Waals surface area contributed by atoms with E-state index in [0.717, 1.165) is 80.7 Å². The normalized spacial score (nSPS) is 27.2. The van der Waals surface area contributed by atoms with E-state index in [1.54, 1.807) is 7.11 Å². The van der Waals surface area contributed by atoms with Crippen molar-refractivity contribution in [2.45, 2.75) is 108 Å². The van der Waals surface area contributed by atoms with E-state index in [9.17, 15) is 5.11 Å². The zero-order valence-electron chi connectivity index (χ0n) is 19.7. The highest BCUT2D eigenvalue weighted by Crippen LogP contribution is 2.38. The van der Waals surface area contributed by atoms with Gasteiger partial charge < -0.3 is 19.9 Å². The molecule has 2 aliphatic rings. The molecule has 0 saturated heterocycles. The van der Waals surface area contributed by atoms with Gasteiger partial charge in [-0.25, -0.2) is 15.0 Å². The number of ether oxygens (including phenoxy) is 2. The predicted molar refractivity (Wildman–Crippen MR) is 126 cm³/mol. The van der Waals surface area contributed by atoms with Crippen LogP contribution in [0.1, 0.15) is 89.5 Å². The molecule has 176 valence electrons. The molecule has 2 fully saturated rings. The van der Waals surface area contributed by atoms with Gasteiger partial charge in [0, 0.05) is 31.1 Å². The summed E-state index contributed by atoms with van der Waals surface area (Å²) < 4.78 is 11.9. The fourth-order valence-corrected chi connectivity index (χ4v) is 5.14. The lowest BCUT2D eigenvalue weighted by Gasteiger charge is -2.29. The Hall–Kier alpha value is -1.99. The minimum Gasteiger partial charge on any atom is -0.474 e. The molecule has 32 heavy (non-hydrogen) atoms. The van der Waals surface area contributed by atoms with Crippen LogP contribution < -0.4 is 10.1 Å². The number of hydrogen-bond donors (Lipinski definition) is 2. The van der Waals surface area contributed by atoms with Gasteiger partial charge in [0.2, 0.25) is 11.8 Å². The van der Waals surface area contributed by atoms with Crippen LogP contribution in [0, 0.1) is 0 Å². The van der Waals surface area contributed by atoms with E-state index >= 15 is 0 Å². The second-order valence-electron chi connectivity index (χ2n) is 9.57. The van der Waals surface area contributed by atoms with Gasteiger partial charge in [0.05, 0.1) is 23.1 Å². The van der Waals surface area contributed by atoms with Gasteiger partial charge >= 0.3 is 0 Å². The summed E-state index contributed by atoms with van der Waals surface area (Å²) in [5, 5.41) is 14.3. The third kappa shape index (κ3) is 5.49. The van der Waals surface area contributed by atoms with Crippen LogP contribution in [0.2, 0.25) is 0 Å². The highest BCUT2D eigenvalue weighted by molar-refractivity contribution is 5.86. The van der Waals surface area contributed by atoms with Gasteiger partial charge in [-0.05, 0) is 70.6 Å². The summed E-state index contributed by atoms with van der Waals surface area (Å²) in [4.78, 5) is 14.3. The number of aliphatic hydroxyl groups excluding tert-OH is 1. The number of fused-ring (bicyclic) bond motifs is 1. The summed E-state index contributed by atoms with van der Waals surface area (Å²) in [6, 6.07) is 0.319. The van der Waals surface area contributed by atoms with Crippen LogP contribution in [0.3, 0.4) is 0 Å². The summed E-state index contributed by atoms with van der Waals surface area (Å²) >= 11 is 0. The molecule has 2 heterocycles. The van der Waals surface area contributed by atoms with Crippen molar-refractivity contribution >= 4 is 16.9 Å². The van der Waals surface area contributed by atoms with Crippen LogP contribution in [0.4, 0.5) is 5.95 Å². The van der Waals surface area contributed by atoms with E-state index in [4.69, 9.17) is 19.4 Å². The average molecular weight is 443 g/mol. The van der Waals surface area contributed by atoms with Crippen molar-refractivity contribution in [2.24, 2.45) is 0 Å². The SMILES string of the molecule is CCCC(C)Nc1ncc2c(OC3CCC(OC)CC3)ncc([C@H]3CC[C@H](O)CC3)c2n1. The first-order chi connectivity index (χ1) is 15.6. The van der Waals surface area contributed by atoms with E-state index in [2.05, 4.69) is 24.1 Å². The first-order valence-corrected chi connectivity index (χ1v) is 12.4. The van der Waals surface area contributed by atoms with Crippen molar-refractivity contribution in [2.75, 3.05) is 12.4 Å². The van der Waals surface area contributed by atoms with Crippen LogP contribution in [0.25, 0.3) is 10.9 Å². The van der Waals surface area contributed by atoms with E-state index < -0.39 is 0 Å². The minimum absolute atomic E-state index is 0.148. The van der Waals surface area contributed by atoms with Gasteiger partial charge in [-0.3, -0.25) is 0 Å². The summed E-state index contributed by atoms with van der Waals surface area (Å²) in [7, 11) is 1.79. The van der Waals surface area contributed by atoms with E-state index in [-0.39, 0.29) is 12.2 Å². The van der Waals surface area contributed by atoms with Gasteiger partial charge in [-0.15, -0.1) is 0 Å². The van der Waals surface area contributed by atoms with Crippen molar-refractivity contribution in [3.63, 3.8) is 0 Å². The molecular formula is C25H38N4O3. The van der Waals surface area contributed by atoms with Crippen LogP contribution in [0.15, 0.2) is 12.4 Å². The molecule has 2 aliphatic carbocycles. The van der Waals surface area contributed by atoms with Crippen molar-refractivity contribution in [3.8, 4) is 5.88 Å². The Morgan fingerprint density at radius 3 is 2.44 bits per heavy atom. The van der Waals surface area contributed by atoms with Crippen molar-refractivity contribution in [1.82, 2.24) is 15.0 Å². The molecule has 0 bridgehead atoms. The van der Waals surface area contributed by atoms with Crippen molar-refractivity contribution in [3.05, 3.63) is 18.0 Å². The zero-order chi connectivity index (χ0) is 22.5. The average Bonchev–Trinajstić information content (AvgIpc) is 2.80. The third-order valence-electron chi connectivity index (χ3n) is 7.08. The molecule has 0 amide bonds. The molecule has 4 rings (SSSR count). The Kier molecular flexibility index (Phi) is 7.79. The first kappa shape index (κ1) is 23.2. The third-order valence-corrected chi connectivity index (χ3v) is 7.08. The number of nitrogens with one attached hydrogen (secondary N) is 1. The second kappa shape index (κ2) is 10.8. The topological polar surface area (TPSA) is 89.4 Å². The molecule has 7 heteroatoms. The van der Waals surface area contributed by atoms with Gasteiger partial charge in [-0.1, -0.05) is 13.3 Å². The number of aromatic nitrogens is 3. The summed E-state index contributed by atoms with van der Waals surface area (Å²) in [6.45, 7) is 4.35. The molecule has 0 radical (unpaired) electrons. The molecule has 2 saturated carbocycles. The van der Waals surface area contributed by atoms with E-state index in [1.807, 2.05) is 12.4 Å². The molecule has 0 spiro atoms. The van der Waals surface area contributed by atoms with Gasteiger partial charge in [0.15, 0.2) is 0 Å². The largest absolute Gasteiger partial charge is 0.474 e. The summed E-state index contributed by atoms with van der Waals surface area (Å²) in [5.41, 5.74) is 2.08. The maximum atomic E-state index is 9.96. The van der Waals surface area contributed by atoms with Crippen LogP contribution >= 0.6 is 0 Å².